The van der Waals surface area contributed by atoms with E-state index in [0.717, 1.165) is 11.6 Å². The molecule has 9 nitrogen and oxygen atoms in total. The number of methoxy groups -OCH3 is 1. The fourth-order valence-electron chi connectivity index (χ4n) is 4.06. The Kier molecular flexibility index (Phi) is 9.34. The molecule has 1 N–H and O–H groups in total. The third kappa shape index (κ3) is 8.14. The number of ether oxygens (including phenoxy) is 4. The van der Waals surface area contributed by atoms with Crippen LogP contribution in [0.5, 0.6) is 11.6 Å². The van der Waals surface area contributed by atoms with Crippen molar-refractivity contribution in [2.24, 2.45) is 0 Å². The number of hydrogen-bond donors (Lipinski definition) is 1. The van der Waals surface area contributed by atoms with Gasteiger partial charge in [-0.2, -0.15) is 0 Å². The van der Waals surface area contributed by atoms with E-state index in [0.29, 0.717) is 11.6 Å². The van der Waals surface area contributed by atoms with Crippen LogP contribution in [0.25, 0.3) is 10.9 Å². The lowest BCUT2D eigenvalue weighted by Gasteiger charge is -2.24. The quantitative estimate of drug-likeness (QED) is 0.248. The number of nitrogens with one attached hydrogen (secondary N) is 1. The first kappa shape index (κ1) is 29.3. The molecule has 0 aliphatic rings. The Balaban J connectivity index is 1.62. The molecule has 0 saturated carbocycles. The van der Waals surface area contributed by atoms with Crippen LogP contribution in [0.15, 0.2) is 72.9 Å². The monoisotopic (exact) mass is 561 g/mol. The fraction of sp³-hybridized carbons (Fsp3) is 0.290. The molecular weight excluding hydrogens is 529 g/mol. The summed E-state index contributed by atoms with van der Waals surface area (Å²) in [5, 5.41) is 3.03. The van der Waals surface area contributed by atoms with Crippen molar-refractivity contribution < 1.29 is 32.9 Å². The Hall–Kier alpha value is -4.73. The van der Waals surface area contributed by atoms with Crippen molar-refractivity contribution >= 4 is 23.0 Å². The van der Waals surface area contributed by atoms with Gasteiger partial charge in [-0.1, -0.05) is 42.5 Å². The molecule has 2 aromatic heterocycles. The minimum absolute atomic E-state index is 0.00974. The second kappa shape index (κ2) is 13.1. The largest absolute Gasteiger partial charge is 0.490 e. The molecule has 0 bridgehead atoms. The average molecular weight is 562 g/mol. The van der Waals surface area contributed by atoms with Crippen molar-refractivity contribution in [3.8, 4) is 11.6 Å². The van der Waals surface area contributed by atoms with Crippen molar-refractivity contribution in [1.29, 1.82) is 0 Å². The molecule has 2 aromatic carbocycles. The van der Waals surface area contributed by atoms with E-state index < -0.39 is 29.5 Å². The average Bonchev–Trinajstić information content (AvgIpc) is 2.94. The number of carbonyl (C=O) groups is 2. The van der Waals surface area contributed by atoms with Crippen LogP contribution in [0.1, 0.15) is 42.4 Å². The van der Waals surface area contributed by atoms with Crippen LogP contribution in [0.3, 0.4) is 0 Å². The zero-order valence-electron chi connectivity index (χ0n) is 23.3. The predicted molar refractivity (Wildman–Crippen MR) is 150 cm³/mol. The number of hydrogen-bond acceptors (Lipinski definition) is 8. The molecule has 0 fully saturated rings. The molecule has 1 atom stereocenters. The number of nitrogens with zero attached hydrogens (tertiary/aromatic N) is 2. The highest BCUT2D eigenvalue weighted by Gasteiger charge is 2.25. The van der Waals surface area contributed by atoms with Crippen LogP contribution in [0.2, 0.25) is 0 Å². The van der Waals surface area contributed by atoms with E-state index in [1.165, 1.54) is 13.3 Å². The van der Waals surface area contributed by atoms with E-state index in [2.05, 4.69) is 15.3 Å². The molecule has 0 radical (unpaired) electrons. The first-order valence-corrected chi connectivity index (χ1v) is 13.0. The maximum atomic E-state index is 15.1. The number of alkyl carbamates (subject to hydrolysis) is 1. The molecule has 4 aromatic rings. The molecule has 10 heteroatoms. The third-order valence-electron chi connectivity index (χ3n) is 5.83. The molecule has 4 rings (SSSR count). The third-order valence-corrected chi connectivity index (χ3v) is 5.83. The highest BCUT2D eigenvalue weighted by Crippen LogP contribution is 2.31. The Morgan fingerprint density at radius 2 is 1.80 bits per heavy atom. The summed E-state index contributed by atoms with van der Waals surface area (Å²) in [4.78, 5) is 34.5. The topological polar surface area (TPSA) is 109 Å². The van der Waals surface area contributed by atoms with E-state index in [4.69, 9.17) is 18.9 Å². The van der Waals surface area contributed by atoms with Crippen molar-refractivity contribution in [2.45, 2.75) is 45.4 Å². The Bertz CT molecular complexity index is 1510. The first-order chi connectivity index (χ1) is 19.6. The predicted octanol–water partition coefficient (Wildman–Crippen LogP) is 5.65. The van der Waals surface area contributed by atoms with Gasteiger partial charge < -0.3 is 24.3 Å². The summed E-state index contributed by atoms with van der Waals surface area (Å²) in [6.45, 7) is 5.13. The standard InChI is InChI=1S/C31H32FN3O6/c1-31(2,3)41-30(37)35-22(16-21-12-8-14-26(34-21)38-4)19-39-25-17-24(32)28-23(13-9-15-33-28)27(25)29(36)40-18-20-10-6-5-7-11-20/h5-15,17,22H,16,18-19H2,1-4H3,(H,35,37)/t22-/m1/s1. The number of amides is 1. The van der Waals surface area contributed by atoms with Crippen LogP contribution in [-0.4, -0.2) is 47.4 Å². The normalized spacial score (nSPS) is 11.9. The van der Waals surface area contributed by atoms with Crippen LogP contribution in [0.4, 0.5) is 9.18 Å². The van der Waals surface area contributed by atoms with Crippen LogP contribution in [0, 0.1) is 5.82 Å². The summed E-state index contributed by atoms with van der Waals surface area (Å²) in [6.07, 6.45) is 1.01. The van der Waals surface area contributed by atoms with Crippen molar-refractivity contribution in [3.05, 3.63) is 95.6 Å². The second-order valence-electron chi connectivity index (χ2n) is 10.2. The molecule has 0 spiro atoms. The minimum Gasteiger partial charge on any atom is -0.490 e. The Labute approximate surface area is 237 Å². The summed E-state index contributed by atoms with van der Waals surface area (Å²) in [5.74, 6) is -1.00. The molecule has 1 amide bonds. The molecule has 0 saturated heterocycles. The highest BCUT2D eigenvalue weighted by molar-refractivity contribution is 6.06. The van der Waals surface area contributed by atoms with Crippen LogP contribution >= 0.6 is 0 Å². The maximum absolute atomic E-state index is 15.1. The number of esters is 1. The van der Waals surface area contributed by atoms with Crippen molar-refractivity contribution in [3.63, 3.8) is 0 Å². The fourth-order valence-corrected chi connectivity index (χ4v) is 4.06. The zero-order valence-corrected chi connectivity index (χ0v) is 23.3. The van der Waals surface area contributed by atoms with Gasteiger partial charge in [-0.15, -0.1) is 0 Å². The van der Waals surface area contributed by atoms with E-state index in [9.17, 15) is 9.59 Å². The number of benzene rings is 2. The summed E-state index contributed by atoms with van der Waals surface area (Å²) in [5.41, 5.74) is 0.718. The van der Waals surface area contributed by atoms with Gasteiger partial charge in [0.1, 0.15) is 35.6 Å². The first-order valence-electron chi connectivity index (χ1n) is 13.0. The minimum atomic E-state index is -0.728. The smallest absolute Gasteiger partial charge is 0.408 e. The lowest BCUT2D eigenvalue weighted by atomic mass is 10.1. The van der Waals surface area contributed by atoms with Gasteiger partial charge in [0.05, 0.1) is 13.2 Å². The maximum Gasteiger partial charge on any atom is 0.408 e. The lowest BCUT2D eigenvalue weighted by molar-refractivity contribution is 0.0455. The van der Waals surface area contributed by atoms with E-state index in [-0.39, 0.29) is 41.9 Å². The summed E-state index contributed by atoms with van der Waals surface area (Å²) >= 11 is 0. The van der Waals surface area contributed by atoms with E-state index in [1.54, 1.807) is 51.1 Å². The molecule has 2 heterocycles. The number of pyridine rings is 2. The molecule has 0 unspecified atom stereocenters. The van der Waals surface area contributed by atoms with Gasteiger partial charge in [0.25, 0.3) is 0 Å². The van der Waals surface area contributed by atoms with Gasteiger partial charge in [-0.3, -0.25) is 4.98 Å². The van der Waals surface area contributed by atoms with E-state index in [1.807, 2.05) is 30.3 Å². The Morgan fingerprint density at radius 1 is 1.02 bits per heavy atom. The molecular formula is C31H32FN3O6. The van der Waals surface area contributed by atoms with Crippen LogP contribution in [-0.2, 0) is 22.5 Å². The summed E-state index contributed by atoms with van der Waals surface area (Å²) in [7, 11) is 1.51. The zero-order chi connectivity index (χ0) is 29.4. The summed E-state index contributed by atoms with van der Waals surface area (Å²) in [6, 6.07) is 18.1. The van der Waals surface area contributed by atoms with Gasteiger partial charge in [-0.05, 0) is 38.5 Å². The SMILES string of the molecule is COc1cccc(C[C@H](COc2cc(F)c3ncccc3c2C(=O)OCc2ccccc2)NC(=O)OC(C)(C)C)n1. The van der Waals surface area contributed by atoms with Gasteiger partial charge >= 0.3 is 12.1 Å². The second-order valence-corrected chi connectivity index (χ2v) is 10.2. The molecule has 0 aliphatic heterocycles. The Morgan fingerprint density at radius 3 is 2.54 bits per heavy atom. The van der Waals surface area contributed by atoms with Gasteiger partial charge in [0, 0.05) is 35.8 Å². The van der Waals surface area contributed by atoms with Gasteiger partial charge in [-0.25, -0.2) is 19.0 Å². The molecule has 41 heavy (non-hydrogen) atoms. The number of aromatic nitrogens is 2. The number of fused-ring (bicyclic) bond motifs is 1. The molecule has 0 aliphatic carbocycles. The van der Waals surface area contributed by atoms with Crippen LogP contribution < -0.4 is 14.8 Å². The van der Waals surface area contributed by atoms with Crippen molar-refractivity contribution in [2.75, 3.05) is 13.7 Å². The number of halogens is 1. The van der Waals surface area contributed by atoms with E-state index >= 15 is 4.39 Å². The lowest BCUT2D eigenvalue weighted by Crippen LogP contribution is -2.43. The van der Waals surface area contributed by atoms with Crippen molar-refractivity contribution in [1.82, 2.24) is 15.3 Å². The molecule has 214 valence electrons. The van der Waals surface area contributed by atoms with Gasteiger partial charge in [0.15, 0.2) is 5.82 Å². The summed E-state index contributed by atoms with van der Waals surface area (Å²) < 4.78 is 37.3. The van der Waals surface area contributed by atoms with Gasteiger partial charge in [0.2, 0.25) is 5.88 Å². The highest BCUT2D eigenvalue weighted by atomic mass is 19.1. The number of rotatable bonds is 10. The number of carbonyl (C=O) groups excluding carboxylic acids is 2.